The van der Waals surface area contributed by atoms with Gasteiger partial charge in [-0.25, -0.2) is 0 Å². The minimum absolute atomic E-state index is 0.533. The highest BCUT2D eigenvalue weighted by atomic mass is 32.2. The lowest BCUT2D eigenvalue weighted by molar-refractivity contribution is 0.874. The topological polar surface area (TPSA) is 0 Å². The molecule has 0 fully saturated rings. The van der Waals surface area contributed by atoms with Gasteiger partial charge in [-0.3, -0.25) is 0 Å². The number of unbranched alkanes of at least 4 members (excludes halogenated alkanes) is 1. The lowest BCUT2D eigenvalue weighted by Crippen LogP contribution is -2.66. The lowest BCUT2D eigenvalue weighted by Gasteiger charge is -2.43. The van der Waals surface area contributed by atoms with Crippen LogP contribution in [-0.2, 0) is 16.6 Å². The third-order valence-corrected chi connectivity index (χ3v) is 7.31. The maximum atomic E-state index is 2.30. The van der Waals surface area contributed by atoms with Gasteiger partial charge in [0.1, 0.15) is 5.75 Å². The Bertz CT molecular complexity index is 935. The second-order valence-corrected chi connectivity index (χ2v) is 11.3. The SMILES string of the molecule is CCCC[B-](c1ccccc1)(c1ccccc1)c1ccccc1.C[S+](C)Cc1ccccc1. The summed E-state index contributed by atoms with van der Waals surface area (Å²) >= 11 is 0. The Hall–Kier alpha value is -2.71. The third-order valence-electron chi connectivity index (χ3n) is 6.39. The van der Waals surface area contributed by atoms with Gasteiger partial charge in [-0.2, -0.15) is 22.7 Å². The maximum Gasteiger partial charge on any atom is 0.132 e. The minimum Gasteiger partial charge on any atom is -0.200 e. The molecule has 0 unspecified atom stereocenters. The van der Waals surface area contributed by atoms with Crippen LogP contribution in [0.25, 0.3) is 0 Å². The third kappa shape index (κ3) is 6.89. The Kier molecular flexibility index (Phi) is 9.90. The zero-order valence-electron chi connectivity index (χ0n) is 20.4. The van der Waals surface area contributed by atoms with E-state index in [2.05, 4.69) is 141 Å². The molecule has 170 valence electrons. The van der Waals surface area contributed by atoms with Crippen LogP contribution < -0.4 is 16.4 Å². The van der Waals surface area contributed by atoms with Gasteiger partial charge in [0.15, 0.2) is 0 Å². The lowest BCUT2D eigenvalue weighted by atomic mass is 9.14. The van der Waals surface area contributed by atoms with Crippen molar-refractivity contribution in [2.75, 3.05) is 12.5 Å². The first kappa shape index (κ1) is 24.9. The number of hydrogen-bond donors (Lipinski definition) is 0. The van der Waals surface area contributed by atoms with E-state index in [1.165, 1.54) is 46.9 Å². The van der Waals surface area contributed by atoms with Crippen LogP contribution in [-0.4, -0.2) is 18.7 Å². The molecule has 33 heavy (non-hydrogen) atoms. The molecular weight excluding hydrogens is 415 g/mol. The molecule has 0 amide bonds. The van der Waals surface area contributed by atoms with Crippen molar-refractivity contribution < 1.29 is 0 Å². The van der Waals surface area contributed by atoms with E-state index in [0.717, 1.165) is 0 Å². The summed E-state index contributed by atoms with van der Waals surface area (Å²) in [6, 6.07) is 43.8. The summed E-state index contributed by atoms with van der Waals surface area (Å²) in [5, 5.41) is 0. The molecule has 0 spiro atoms. The fourth-order valence-electron chi connectivity index (χ4n) is 4.84. The van der Waals surface area contributed by atoms with Gasteiger partial charge in [0.05, 0.1) is 18.7 Å². The summed E-state index contributed by atoms with van der Waals surface area (Å²) in [4.78, 5) is 0. The number of benzene rings is 4. The van der Waals surface area contributed by atoms with Crippen LogP contribution in [0.1, 0.15) is 25.3 Å². The minimum atomic E-state index is -0.913. The molecule has 0 saturated heterocycles. The number of hydrogen-bond acceptors (Lipinski definition) is 0. The molecule has 2 heteroatoms. The zero-order chi connectivity index (χ0) is 23.4. The van der Waals surface area contributed by atoms with Gasteiger partial charge >= 0.3 is 0 Å². The Balaban J connectivity index is 0.000000257. The first-order valence-corrected chi connectivity index (χ1v) is 14.3. The molecular formula is C31H37BS. The van der Waals surface area contributed by atoms with E-state index in [0.29, 0.717) is 10.9 Å². The predicted octanol–water partition coefficient (Wildman–Crippen LogP) is 6.02. The largest absolute Gasteiger partial charge is 0.200 e. The highest BCUT2D eigenvalue weighted by Gasteiger charge is 2.28. The summed E-state index contributed by atoms with van der Waals surface area (Å²) in [5.41, 5.74) is 5.78. The average Bonchev–Trinajstić information content (AvgIpc) is 2.87. The Morgan fingerprint density at radius 1 is 0.545 bits per heavy atom. The average molecular weight is 453 g/mol. The van der Waals surface area contributed by atoms with Crippen molar-refractivity contribution in [3.05, 3.63) is 127 Å². The van der Waals surface area contributed by atoms with Gasteiger partial charge in [-0.05, 0) is 10.9 Å². The molecule has 0 radical (unpaired) electrons. The first-order valence-electron chi connectivity index (χ1n) is 12.1. The fraction of sp³-hybridized carbons (Fsp3) is 0.226. The summed E-state index contributed by atoms with van der Waals surface area (Å²) in [6.45, 7) is 2.28. The molecule has 0 heterocycles. The maximum absolute atomic E-state index is 2.30. The fourth-order valence-corrected chi connectivity index (χ4v) is 5.70. The van der Waals surface area contributed by atoms with Gasteiger partial charge in [-0.15, -0.1) is 0 Å². The van der Waals surface area contributed by atoms with E-state index in [1.54, 1.807) is 0 Å². The quantitative estimate of drug-likeness (QED) is 0.227. The van der Waals surface area contributed by atoms with Gasteiger partial charge in [-0.1, -0.05) is 141 Å². The normalized spacial score (nSPS) is 11.0. The van der Waals surface area contributed by atoms with E-state index < -0.39 is 6.15 Å². The Labute approximate surface area is 204 Å². The molecule has 0 N–H and O–H groups in total. The van der Waals surface area contributed by atoms with Crippen molar-refractivity contribution in [3.63, 3.8) is 0 Å². The second kappa shape index (κ2) is 13.1. The van der Waals surface area contributed by atoms with Crippen LogP contribution >= 0.6 is 0 Å². The Morgan fingerprint density at radius 3 is 1.24 bits per heavy atom. The highest BCUT2D eigenvalue weighted by molar-refractivity contribution is 7.94. The molecule has 0 atom stereocenters. The van der Waals surface area contributed by atoms with E-state index in [-0.39, 0.29) is 0 Å². The highest BCUT2D eigenvalue weighted by Crippen LogP contribution is 2.16. The monoisotopic (exact) mass is 452 g/mol. The van der Waals surface area contributed by atoms with Crippen LogP contribution in [0.15, 0.2) is 121 Å². The van der Waals surface area contributed by atoms with E-state index >= 15 is 0 Å². The van der Waals surface area contributed by atoms with Crippen LogP contribution in [0.2, 0.25) is 6.32 Å². The molecule has 0 nitrogen and oxygen atoms in total. The van der Waals surface area contributed by atoms with E-state index in [9.17, 15) is 0 Å². The van der Waals surface area contributed by atoms with Crippen molar-refractivity contribution >= 4 is 33.4 Å². The molecule has 0 aliphatic rings. The van der Waals surface area contributed by atoms with Crippen molar-refractivity contribution in [2.24, 2.45) is 0 Å². The zero-order valence-corrected chi connectivity index (χ0v) is 21.2. The van der Waals surface area contributed by atoms with Crippen molar-refractivity contribution in [1.29, 1.82) is 0 Å². The van der Waals surface area contributed by atoms with Gasteiger partial charge in [0.2, 0.25) is 0 Å². The summed E-state index contributed by atoms with van der Waals surface area (Å²) in [5.74, 6) is 1.22. The molecule has 4 rings (SSSR count). The Morgan fingerprint density at radius 2 is 0.909 bits per heavy atom. The van der Waals surface area contributed by atoms with E-state index in [1.807, 2.05) is 0 Å². The smallest absolute Gasteiger partial charge is 0.132 e. The van der Waals surface area contributed by atoms with Crippen LogP contribution in [0.4, 0.5) is 0 Å². The summed E-state index contributed by atoms with van der Waals surface area (Å²) in [6.07, 6.45) is 7.27. The van der Waals surface area contributed by atoms with Gasteiger partial charge < -0.3 is 0 Å². The van der Waals surface area contributed by atoms with Crippen molar-refractivity contribution in [1.82, 2.24) is 0 Å². The van der Waals surface area contributed by atoms with Crippen molar-refractivity contribution in [3.8, 4) is 0 Å². The molecule has 0 aliphatic carbocycles. The standard InChI is InChI=1S/C22H24B.C9H13S/c1-2-3-19-23(20-13-7-4-8-14-20,21-15-9-5-10-16-21)22-17-11-6-12-18-22;1-10(2)8-9-6-4-3-5-7-9/h4-18H,2-3,19H2,1H3;3-7H,8H2,1-2H3/q-1;+1. The number of rotatable bonds is 8. The predicted molar refractivity (Wildman–Crippen MR) is 153 cm³/mol. The second-order valence-electron chi connectivity index (χ2n) is 9.04. The van der Waals surface area contributed by atoms with E-state index in [4.69, 9.17) is 0 Å². The molecule has 0 aromatic heterocycles. The molecule has 4 aromatic carbocycles. The molecule has 0 aliphatic heterocycles. The molecule has 0 bridgehead atoms. The first-order chi connectivity index (χ1) is 16.2. The van der Waals surface area contributed by atoms with Gasteiger partial charge in [0.25, 0.3) is 0 Å². The molecule has 4 aromatic rings. The summed E-state index contributed by atoms with van der Waals surface area (Å²) in [7, 11) is 0.533. The van der Waals surface area contributed by atoms with Gasteiger partial charge in [0, 0.05) is 5.56 Å². The van der Waals surface area contributed by atoms with Crippen molar-refractivity contribution in [2.45, 2.75) is 31.8 Å². The van der Waals surface area contributed by atoms with Crippen LogP contribution in [0.3, 0.4) is 0 Å². The summed E-state index contributed by atoms with van der Waals surface area (Å²) < 4.78 is 0. The molecule has 0 saturated carbocycles. The van der Waals surface area contributed by atoms with Crippen LogP contribution in [0, 0.1) is 0 Å². The van der Waals surface area contributed by atoms with Crippen LogP contribution in [0.5, 0.6) is 0 Å².